The Hall–Kier alpha value is -1.22. The molecule has 1 fully saturated rings. The van der Waals surface area contributed by atoms with Gasteiger partial charge in [0.2, 0.25) is 0 Å². The fourth-order valence-corrected chi connectivity index (χ4v) is 1.93. The molecule has 0 saturated carbocycles. The van der Waals surface area contributed by atoms with Crippen molar-refractivity contribution in [1.82, 2.24) is 5.32 Å². The fourth-order valence-electron chi connectivity index (χ4n) is 1.93. The van der Waals surface area contributed by atoms with Crippen LogP contribution in [0.4, 0.5) is 5.69 Å². The molecule has 2 rings (SSSR count). The maximum absolute atomic E-state index is 5.81. The van der Waals surface area contributed by atoms with Crippen molar-refractivity contribution >= 4 is 5.69 Å². The molecule has 3 heteroatoms. The van der Waals surface area contributed by atoms with Gasteiger partial charge in [-0.15, -0.1) is 0 Å². The summed E-state index contributed by atoms with van der Waals surface area (Å²) in [5.41, 5.74) is 1.22. The summed E-state index contributed by atoms with van der Waals surface area (Å²) in [4.78, 5) is 2.37. The van der Waals surface area contributed by atoms with Gasteiger partial charge in [-0.3, -0.25) is 0 Å². The van der Waals surface area contributed by atoms with Gasteiger partial charge < -0.3 is 15.0 Å². The standard InChI is InChI=1S/C13H20N2O/c1-10(2)16-13-7-5-4-6-12(13)15-9-11(15)8-14-3/h4-7,10-11,14H,8-9H2,1-3H3. The number of likely N-dealkylation sites (N-methyl/N-ethyl adjacent to an activating group) is 1. The number of benzene rings is 1. The van der Waals surface area contributed by atoms with Gasteiger partial charge in [0.1, 0.15) is 5.75 Å². The van der Waals surface area contributed by atoms with Crippen LogP contribution in [-0.2, 0) is 0 Å². The van der Waals surface area contributed by atoms with Crippen molar-refractivity contribution in [2.75, 3.05) is 25.0 Å². The van der Waals surface area contributed by atoms with Crippen molar-refractivity contribution in [2.24, 2.45) is 0 Å². The molecular formula is C13H20N2O. The molecule has 1 atom stereocenters. The first-order valence-electron chi connectivity index (χ1n) is 5.89. The van der Waals surface area contributed by atoms with E-state index < -0.39 is 0 Å². The van der Waals surface area contributed by atoms with Gasteiger partial charge in [-0.05, 0) is 33.0 Å². The Morgan fingerprint density at radius 2 is 2.19 bits per heavy atom. The van der Waals surface area contributed by atoms with E-state index in [1.807, 2.05) is 19.2 Å². The molecule has 1 saturated heterocycles. The SMILES string of the molecule is CNCC1CN1c1ccccc1OC(C)C. The minimum Gasteiger partial charge on any atom is -0.489 e. The van der Waals surface area contributed by atoms with Crippen molar-refractivity contribution < 1.29 is 4.74 Å². The van der Waals surface area contributed by atoms with Gasteiger partial charge in [0.25, 0.3) is 0 Å². The molecule has 0 amide bonds. The average molecular weight is 220 g/mol. The first kappa shape index (κ1) is 11.3. The van der Waals surface area contributed by atoms with Crippen molar-refractivity contribution in [3.63, 3.8) is 0 Å². The highest BCUT2D eigenvalue weighted by molar-refractivity contribution is 5.63. The van der Waals surface area contributed by atoms with Gasteiger partial charge in [-0.2, -0.15) is 0 Å². The first-order chi connectivity index (χ1) is 7.72. The third-order valence-electron chi connectivity index (χ3n) is 2.69. The second kappa shape index (κ2) is 4.74. The molecule has 0 aromatic heterocycles. The highest BCUT2D eigenvalue weighted by Gasteiger charge is 2.35. The molecule has 1 aliphatic heterocycles. The van der Waals surface area contributed by atoms with E-state index in [9.17, 15) is 0 Å². The first-order valence-corrected chi connectivity index (χ1v) is 5.89. The Balaban J connectivity index is 2.09. The van der Waals surface area contributed by atoms with Gasteiger partial charge in [0.05, 0.1) is 17.8 Å². The number of para-hydroxylation sites is 2. The van der Waals surface area contributed by atoms with Crippen LogP contribution < -0.4 is 15.0 Å². The van der Waals surface area contributed by atoms with E-state index in [1.54, 1.807) is 0 Å². The number of hydrogen-bond donors (Lipinski definition) is 1. The number of nitrogens with one attached hydrogen (secondary N) is 1. The third-order valence-corrected chi connectivity index (χ3v) is 2.69. The Morgan fingerprint density at radius 3 is 2.88 bits per heavy atom. The second-order valence-corrected chi connectivity index (χ2v) is 4.50. The molecule has 1 aromatic carbocycles. The molecule has 0 aliphatic carbocycles. The van der Waals surface area contributed by atoms with Crippen molar-refractivity contribution in [2.45, 2.75) is 26.0 Å². The van der Waals surface area contributed by atoms with Gasteiger partial charge in [0, 0.05) is 13.1 Å². The molecule has 1 N–H and O–H groups in total. The van der Waals surface area contributed by atoms with Crippen LogP contribution in [0.15, 0.2) is 24.3 Å². The van der Waals surface area contributed by atoms with Crippen molar-refractivity contribution in [3.05, 3.63) is 24.3 Å². The zero-order valence-corrected chi connectivity index (χ0v) is 10.2. The predicted molar refractivity (Wildman–Crippen MR) is 67.3 cm³/mol. The molecule has 0 radical (unpaired) electrons. The smallest absolute Gasteiger partial charge is 0.142 e. The van der Waals surface area contributed by atoms with E-state index in [0.29, 0.717) is 6.04 Å². The average Bonchev–Trinajstić information content (AvgIpc) is 2.98. The Kier molecular flexibility index (Phi) is 3.34. The maximum atomic E-state index is 5.81. The summed E-state index contributed by atoms with van der Waals surface area (Å²) < 4.78 is 5.81. The molecule has 1 heterocycles. The van der Waals surface area contributed by atoms with Gasteiger partial charge in [0.15, 0.2) is 0 Å². The van der Waals surface area contributed by atoms with Gasteiger partial charge >= 0.3 is 0 Å². The summed E-state index contributed by atoms with van der Waals surface area (Å²) in [5, 5.41) is 3.21. The van der Waals surface area contributed by atoms with E-state index in [2.05, 4.69) is 36.2 Å². The van der Waals surface area contributed by atoms with E-state index in [-0.39, 0.29) is 6.10 Å². The molecule has 0 spiro atoms. The largest absolute Gasteiger partial charge is 0.489 e. The number of hydrogen-bond acceptors (Lipinski definition) is 3. The van der Waals surface area contributed by atoms with Crippen LogP contribution in [0, 0.1) is 0 Å². The fraction of sp³-hybridized carbons (Fsp3) is 0.538. The monoisotopic (exact) mass is 220 g/mol. The highest BCUT2D eigenvalue weighted by Crippen LogP contribution is 2.35. The van der Waals surface area contributed by atoms with E-state index in [4.69, 9.17) is 4.74 Å². The lowest BCUT2D eigenvalue weighted by molar-refractivity contribution is 0.243. The highest BCUT2D eigenvalue weighted by atomic mass is 16.5. The van der Waals surface area contributed by atoms with Crippen LogP contribution in [0.3, 0.4) is 0 Å². The Bertz CT molecular complexity index is 352. The van der Waals surface area contributed by atoms with Crippen molar-refractivity contribution in [1.29, 1.82) is 0 Å². The predicted octanol–water partition coefficient (Wildman–Crippen LogP) is 1.88. The van der Waals surface area contributed by atoms with E-state index >= 15 is 0 Å². The zero-order valence-electron chi connectivity index (χ0n) is 10.2. The molecule has 3 nitrogen and oxygen atoms in total. The van der Waals surface area contributed by atoms with Gasteiger partial charge in [-0.1, -0.05) is 12.1 Å². The Morgan fingerprint density at radius 1 is 1.44 bits per heavy atom. The topological polar surface area (TPSA) is 24.3 Å². The van der Waals surface area contributed by atoms with Crippen LogP contribution in [0.2, 0.25) is 0 Å². The summed E-state index contributed by atoms with van der Waals surface area (Å²) in [6.07, 6.45) is 0.226. The molecule has 1 aromatic rings. The summed E-state index contributed by atoms with van der Waals surface area (Å²) in [5.74, 6) is 0.996. The normalized spacial score (nSPS) is 19.0. The Labute approximate surface area is 97.4 Å². The molecule has 1 aliphatic rings. The molecule has 88 valence electrons. The lowest BCUT2D eigenvalue weighted by Gasteiger charge is -2.15. The summed E-state index contributed by atoms with van der Waals surface area (Å²) in [7, 11) is 1.99. The maximum Gasteiger partial charge on any atom is 0.142 e. The van der Waals surface area contributed by atoms with Crippen LogP contribution in [-0.4, -0.2) is 32.3 Å². The molecule has 16 heavy (non-hydrogen) atoms. The van der Waals surface area contributed by atoms with Crippen LogP contribution in [0.1, 0.15) is 13.8 Å². The van der Waals surface area contributed by atoms with E-state index in [0.717, 1.165) is 18.8 Å². The number of nitrogens with zero attached hydrogens (tertiary/aromatic N) is 1. The van der Waals surface area contributed by atoms with Crippen LogP contribution in [0.25, 0.3) is 0 Å². The lowest BCUT2D eigenvalue weighted by Crippen LogP contribution is -2.17. The van der Waals surface area contributed by atoms with Crippen LogP contribution in [0.5, 0.6) is 5.75 Å². The van der Waals surface area contributed by atoms with Crippen LogP contribution >= 0.6 is 0 Å². The number of anilines is 1. The number of rotatable bonds is 5. The van der Waals surface area contributed by atoms with E-state index in [1.165, 1.54) is 5.69 Å². The lowest BCUT2D eigenvalue weighted by atomic mass is 10.3. The quantitative estimate of drug-likeness (QED) is 0.767. The summed E-state index contributed by atoms with van der Waals surface area (Å²) in [6, 6.07) is 8.90. The van der Waals surface area contributed by atoms with Crippen molar-refractivity contribution in [3.8, 4) is 5.75 Å². The summed E-state index contributed by atoms with van der Waals surface area (Å²) in [6.45, 7) is 6.28. The molecule has 0 bridgehead atoms. The van der Waals surface area contributed by atoms with Gasteiger partial charge in [-0.25, -0.2) is 0 Å². The zero-order chi connectivity index (χ0) is 11.5. The third kappa shape index (κ3) is 2.47. The number of ether oxygens (including phenoxy) is 1. The minimum absolute atomic E-state index is 0.226. The second-order valence-electron chi connectivity index (χ2n) is 4.50. The minimum atomic E-state index is 0.226. The molecular weight excluding hydrogens is 200 g/mol. The molecule has 1 unspecified atom stereocenters. The summed E-state index contributed by atoms with van der Waals surface area (Å²) >= 11 is 0.